The molecule has 0 radical (unpaired) electrons. The number of fused-ring (bicyclic) bond motifs is 1. The molecule has 2 heterocycles. The van der Waals surface area contributed by atoms with Gasteiger partial charge in [0.1, 0.15) is 5.82 Å². The van der Waals surface area contributed by atoms with Gasteiger partial charge in [0.2, 0.25) is 6.04 Å². The summed E-state index contributed by atoms with van der Waals surface area (Å²) in [4.78, 5) is 67.9. The number of aliphatic carboxylic acids is 1. The third kappa shape index (κ3) is 7.71. The summed E-state index contributed by atoms with van der Waals surface area (Å²) >= 11 is 1.15. The summed E-state index contributed by atoms with van der Waals surface area (Å²) in [6.45, 7) is 5.95. The van der Waals surface area contributed by atoms with Gasteiger partial charge < -0.3 is 30.4 Å². The Morgan fingerprint density at radius 2 is 1.95 bits per heavy atom. The van der Waals surface area contributed by atoms with Crippen molar-refractivity contribution in [2.45, 2.75) is 45.1 Å². The topological polar surface area (TPSA) is 165 Å². The Bertz CT molecular complexity index is 1370. The van der Waals surface area contributed by atoms with E-state index in [1.807, 2.05) is 18.0 Å². The second-order valence-corrected chi connectivity index (χ2v) is 14.6. The summed E-state index contributed by atoms with van der Waals surface area (Å²) in [6.07, 6.45) is 0.518. The van der Waals surface area contributed by atoms with Gasteiger partial charge in [0.15, 0.2) is 8.32 Å². The maximum absolute atomic E-state index is 12.7. The van der Waals surface area contributed by atoms with Crippen LogP contribution in [-0.2, 0) is 16.1 Å². The maximum atomic E-state index is 12.7. The van der Waals surface area contributed by atoms with Crippen molar-refractivity contribution in [2.24, 2.45) is 0 Å². The summed E-state index contributed by atoms with van der Waals surface area (Å²) < 4.78 is 0. The first-order valence-corrected chi connectivity index (χ1v) is 15.7. The fourth-order valence-corrected chi connectivity index (χ4v) is 5.60. The van der Waals surface area contributed by atoms with E-state index in [9.17, 15) is 29.1 Å². The third-order valence-corrected chi connectivity index (χ3v) is 8.32. The van der Waals surface area contributed by atoms with E-state index in [0.717, 1.165) is 21.9 Å². The molecular weight excluding hydrogens is 514 g/mol. The molecule has 0 saturated carbocycles. The van der Waals surface area contributed by atoms with Gasteiger partial charge >= 0.3 is 5.97 Å². The number of carbonyl (C=O) groups excluding carboxylic acids is 2. The summed E-state index contributed by atoms with van der Waals surface area (Å²) in [6, 6.07) is 7.57. The molecule has 0 saturated heterocycles. The molecule has 0 unspecified atom stereocenters. The van der Waals surface area contributed by atoms with E-state index in [1.165, 1.54) is 0 Å². The highest BCUT2D eigenvalue weighted by Gasteiger charge is 2.29. The van der Waals surface area contributed by atoms with Crippen molar-refractivity contribution in [2.75, 3.05) is 18.5 Å². The van der Waals surface area contributed by atoms with E-state index >= 15 is 0 Å². The molecule has 0 aliphatic rings. The molecule has 0 spiro atoms. The molecular formula is C24H31N5O6SSi. The van der Waals surface area contributed by atoms with Crippen LogP contribution >= 0.6 is 11.3 Å². The average molecular weight is 546 g/mol. The lowest BCUT2D eigenvalue weighted by Crippen LogP contribution is -2.51. The van der Waals surface area contributed by atoms with E-state index in [1.54, 1.807) is 44.3 Å². The summed E-state index contributed by atoms with van der Waals surface area (Å²) in [5.41, 5.74) is 1.28. The SMILES string of the molecule is Cc1nc2ccc(CN(C)c3ccc(C(=O)N[C@H](C(=O)O)C(=O)NCCC[Si](C)(C)O)s3)cc2c(=O)[nH]1. The molecule has 3 aromatic rings. The number of H-pyrrole nitrogens is 1. The smallest absolute Gasteiger partial charge is 0.336 e. The van der Waals surface area contributed by atoms with E-state index in [0.29, 0.717) is 35.7 Å². The number of hydrogen-bond acceptors (Lipinski definition) is 8. The van der Waals surface area contributed by atoms with Gasteiger partial charge in [-0.2, -0.15) is 0 Å². The monoisotopic (exact) mass is 545 g/mol. The van der Waals surface area contributed by atoms with Gasteiger partial charge in [-0.15, -0.1) is 11.3 Å². The molecule has 13 heteroatoms. The molecule has 0 bridgehead atoms. The molecule has 1 atom stereocenters. The minimum absolute atomic E-state index is 0.208. The van der Waals surface area contributed by atoms with Crippen LogP contribution in [0.4, 0.5) is 5.00 Å². The van der Waals surface area contributed by atoms with Crippen LogP contribution in [0.5, 0.6) is 0 Å². The standard InChI is InChI=1S/C24H31N5O6SSi/c1-14-26-17-7-6-15(12-16(17)21(30)27-14)13-29(2)19-9-8-18(36-19)22(31)28-20(24(33)34)23(32)25-10-5-11-37(3,4)35/h6-9,12,20,35H,5,10-11,13H2,1-4H3,(H,25,32)(H,28,31)(H,33,34)(H,26,27,30)/t20-/m0/s1. The molecule has 37 heavy (non-hydrogen) atoms. The van der Waals surface area contributed by atoms with E-state index in [4.69, 9.17) is 0 Å². The van der Waals surface area contributed by atoms with Crippen molar-refractivity contribution in [1.82, 2.24) is 20.6 Å². The molecule has 2 amide bonds. The highest BCUT2D eigenvalue weighted by atomic mass is 32.1. The molecule has 5 N–H and O–H groups in total. The fraction of sp³-hybridized carbons (Fsp3) is 0.375. The van der Waals surface area contributed by atoms with Gasteiger partial charge in [-0.05, 0) is 62.3 Å². The number of aryl methyl sites for hydroxylation is 1. The summed E-state index contributed by atoms with van der Waals surface area (Å²) in [5, 5.41) is 15.5. The van der Waals surface area contributed by atoms with Crippen molar-refractivity contribution >= 4 is 53.3 Å². The van der Waals surface area contributed by atoms with Crippen molar-refractivity contribution in [3.8, 4) is 0 Å². The number of carboxylic acid groups (broad SMARTS) is 1. The minimum Gasteiger partial charge on any atom is -0.479 e. The van der Waals surface area contributed by atoms with E-state index < -0.39 is 32.1 Å². The van der Waals surface area contributed by atoms with Gasteiger partial charge in [0.05, 0.1) is 20.8 Å². The largest absolute Gasteiger partial charge is 0.479 e. The average Bonchev–Trinajstić information content (AvgIpc) is 3.30. The Hall–Kier alpha value is -3.55. The van der Waals surface area contributed by atoms with Crippen LogP contribution in [0.25, 0.3) is 10.9 Å². The molecule has 1 aromatic carbocycles. The second kappa shape index (κ2) is 11.7. The molecule has 0 aliphatic carbocycles. The first-order chi connectivity index (χ1) is 17.3. The number of nitrogens with one attached hydrogen (secondary N) is 3. The van der Waals surface area contributed by atoms with Crippen molar-refractivity contribution in [1.29, 1.82) is 0 Å². The number of amides is 2. The first-order valence-electron chi connectivity index (χ1n) is 11.7. The van der Waals surface area contributed by atoms with Crippen molar-refractivity contribution in [3.05, 3.63) is 57.0 Å². The van der Waals surface area contributed by atoms with Gasteiger partial charge in [-0.25, -0.2) is 9.78 Å². The quantitative estimate of drug-likeness (QED) is 0.138. The van der Waals surface area contributed by atoms with Crippen LogP contribution in [0.15, 0.2) is 35.1 Å². The lowest BCUT2D eigenvalue weighted by molar-refractivity contribution is -0.143. The number of thiophene rings is 1. The number of hydrogen-bond donors (Lipinski definition) is 5. The van der Waals surface area contributed by atoms with Crippen LogP contribution in [0.2, 0.25) is 19.1 Å². The number of aromatic amines is 1. The predicted molar refractivity (Wildman–Crippen MR) is 145 cm³/mol. The van der Waals surface area contributed by atoms with Crippen LogP contribution in [0.1, 0.15) is 27.5 Å². The molecule has 0 fully saturated rings. The highest BCUT2D eigenvalue weighted by molar-refractivity contribution is 7.18. The molecule has 0 aliphatic heterocycles. The molecule has 11 nitrogen and oxygen atoms in total. The first kappa shape index (κ1) is 28.0. The Balaban J connectivity index is 1.62. The zero-order valence-corrected chi connectivity index (χ0v) is 22.9. The Kier molecular flexibility index (Phi) is 8.84. The Labute approximate surface area is 218 Å². The lowest BCUT2D eigenvalue weighted by Gasteiger charge is -2.17. The third-order valence-electron chi connectivity index (χ3n) is 5.55. The number of rotatable bonds is 11. The van der Waals surface area contributed by atoms with E-state index in [-0.39, 0.29) is 17.0 Å². The molecule has 198 valence electrons. The second-order valence-electron chi connectivity index (χ2n) is 9.45. The van der Waals surface area contributed by atoms with Gasteiger partial charge in [-0.1, -0.05) is 6.07 Å². The number of nitrogens with zero attached hydrogens (tertiary/aromatic N) is 2. The fourth-order valence-electron chi connectivity index (χ4n) is 3.68. The normalized spacial score (nSPS) is 12.2. The van der Waals surface area contributed by atoms with Gasteiger partial charge in [-0.3, -0.25) is 14.4 Å². The van der Waals surface area contributed by atoms with Crippen LogP contribution < -0.4 is 21.1 Å². The van der Waals surface area contributed by atoms with Crippen molar-refractivity contribution in [3.63, 3.8) is 0 Å². The number of carboxylic acids is 1. The molecule has 3 rings (SSSR count). The number of carbonyl (C=O) groups is 3. The predicted octanol–water partition coefficient (Wildman–Crippen LogP) is 1.82. The van der Waals surface area contributed by atoms with Crippen LogP contribution in [-0.4, -0.2) is 65.6 Å². The number of aromatic nitrogens is 2. The lowest BCUT2D eigenvalue weighted by atomic mass is 10.1. The summed E-state index contributed by atoms with van der Waals surface area (Å²) in [5.74, 6) is -2.41. The van der Waals surface area contributed by atoms with Crippen LogP contribution in [0.3, 0.4) is 0 Å². The zero-order chi connectivity index (χ0) is 27.3. The maximum Gasteiger partial charge on any atom is 0.336 e. The Morgan fingerprint density at radius 1 is 1.22 bits per heavy atom. The van der Waals surface area contributed by atoms with Gasteiger partial charge in [0.25, 0.3) is 17.4 Å². The zero-order valence-electron chi connectivity index (χ0n) is 21.1. The van der Waals surface area contributed by atoms with Crippen LogP contribution in [0, 0.1) is 6.92 Å². The van der Waals surface area contributed by atoms with Crippen molar-refractivity contribution < 1.29 is 24.3 Å². The molecule has 2 aromatic heterocycles. The number of benzene rings is 1. The Morgan fingerprint density at radius 3 is 2.62 bits per heavy atom. The highest BCUT2D eigenvalue weighted by Crippen LogP contribution is 2.27. The number of anilines is 1. The minimum atomic E-state index is -2.26. The van der Waals surface area contributed by atoms with Gasteiger partial charge in [0, 0.05) is 20.1 Å². The summed E-state index contributed by atoms with van der Waals surface area (Å²) in [7, 11) is -0.423. The van der Waals surface area contributed by atoms with E-state index in [2.05, 4.69) is 20.6 Å².